The van der Waals surface area contributed by atoms with Crippen LogP contribution in [0.4, 0.5) is 5.69 Å². The Kier molecular flexibility index (Phi) is 7.42. The molecule has 0 aliphatic carbocycles. The summed E-state index contributed by atoms with van der Waals surface area (Å²) < 4.78 is 12.5. The first-order valence-corrected chi connectivity index (χ1v) is 11.0. The van der Waals surface area contributed by atoms with Crippen LogP contribution in [0.1, 0.15) is 15.9 Å². The van der Waals surface area contributed by atoms with Crippen molar-refractivity contribution in [1.82, 2.24) is 14.7 Å². The third kappa shape index (κ3) is 6.26. The van der Waals surface area contributed by atoms with E-state index in [4.69, 9.17) is 9.47 Å². The molecule has 0 bridgehead atoms. The van der Waals surface area contributed by atoms with Gasteiger partial charge in [-0.15, -0.1) is 0 Å². The Morgan fingerprint density at radius 2 is 1.74 bits per heavy atom. The van der Waals surface area contributed by atoms with Gasteiger partial charge in [0, 0.05) is 42.7 Å². The van der Waals surface area contributed by atoms with E-state index in [2.05, 4.69) is 10.4 Å². The summed E-state index contributed by atoms with van der Waals surface area (Å²) in [6.07, 6.45) is 3.66. The lowest BCUT2D eigenvalue weighted by atomic mass is 10.2. The quantitative estimate of drug-likeness (QED) is 0.397. The molecule has 35 heavy (non-hydrogen) atoms. The number of nitrogens with zero attached hydrogens (tertiary/aromatic N) is 3. The molecule has 178 valence electrons. The smallest absolute Gasteiger partial charge is 0.262 e. The van der Waals surface area contributed by atoms with E-state index < -0.39 is 0 Å². The fourth-order valence-electron chi connectivity index (χ4n) is 3.47. The lowest BCUT2D eigenvalue weighted by Crippen LogP contribution is -2.26. The fourth-order valence-corrected chi connectivity index (χ4v) is 3.47. The molecule has 0 aliphatic rings. The monoisotopic (exact) mass is 470 g/mol. The minimum atomic E-state index is -0.297. The number of carbonyl (C=O) groups excluding carboxylic acids is 2. The first-order valence-electron chi connectivity index (χ1n) is 11.0. The maximum atomic E-state index is 12.8. The molecule has 0 fully saturated rings. The van der Waals surface area contributed by atoms with Gasteiger partial charge in [0.25, 0.3) is 11.8 Å². The van der Waals surface area contributed by atoms with Gasteiger partial charge in [0.2, 0.25) is 0 Å². The number of hydrogen-bond donors (Lipinski definition) is 1. The van der Waals surface area contributed by atoms with Crippen LogP contribution in [-0.2, 0) is 11.3 Å². The number of carbonyl (C=O) groups is 2. The molecule has 3 aromatic carbocycles. The maximum Gasteiger partial charge on any atom is 0.262 e. The van der Waals surface area contributed by atoms with Gasteiger partial charge in [-0.1, -0.05) is 24.3 Å². The van der Waals surface area contributed by atoms with Crippen molar-refractivity contribution in [3.8, 4) is 17.2 Å². The highest BCUT2D eigenvalue weighted by Gasteiger charge is 2.14. The molecule has 0 radical (unpaired) electrons. The molecule has 8 heteroatoms. The number of ether oxygens (including phenoxy) is 2. The third-order valence-corrected chi connectivity index (χ3v) is 5.25. The van der Waals surface area contributed by atoms with Crippen molar-refractivity contribution in [2.75, 3.05) is 26.1 Å². The summed E-state index contributed by atoms with van der Waals surface area (Å²) in [5, 5.41) is 7.13. The second kappa shape index (κ2) is 11.0. The Balaban J connectivity index is 1.28. The molecule has 8 nitrogen and oxygen atoms in total. The van der Waals surface area contributed by atoms with Crippen LogP contribution in [0.5, 0.6) is 11.5 Å². The van der Waals surface area contributed by atoms with E-state index in [0.29, 0.717) is 29.3 Å². The minimum absolute atomic E-state index is 0.125. The number of benzene rings is 3. The standard InChI is InChI=1S/C27H26N4O4/c1-30(17-20-16-28-31(18-20)23-8-4-3-5-9-23)27(33)21-11-13-24(14-12-21)35-19-26(32)29-22-7-6-10-25(15-22)34-2/h3-16,18H,17,19H2,1-2H3,(H,29,32). The molecule has 0 atom stereocenters. The van der Waals surface area contributed by atoms with Gasteiger partial charge < -0.3 is 19.7 Å². The number of anilines is 1. The lowest BCUT2D eigenvalue weighted by Gasteiger charge is -2.16. The predicted molar refractivity (Wildman–Crippen MR) is 133 cm³/mol. The van der Waals surface area contributed by atoms with Crippen molar-refractivity contribution >= 4 is 17.5 Å². The van der Waals surface area contributed by atoms with E-state index in [0.717, 1.165) is 11.3 Å². The Morgan fingerprint density at radius 3 is 2.49 bits per heavy atom. The number of amides is 2. The zero-order chi connectivity index (χ0) is 24.6. The second-order valence-electron chi connectivity index (χ2n) is 7.88. The van der Waals surface area contributed by atoms with E-state index in [1.54, 1.807) is 78.5 Å². The van der Waals surface area contributed by atoms with Crippen LogP contribution in [0.15, 0.2) is 91.3 Å². The molecule has 0 saturated carbocycles. The van der Waals surface area contributed by atoms with Gasteiger partial charge in [-0.25, -0.2) is 4.68 Å². The van der Waals surface area contributed by atoms with Crippen LogP contribution in [0.3, 0.4) is 0 Å². The van der Waals surface area contributed by atoms with Crippen LogP contribution in [-0.4, -0.2) is 47.3 Å². The van der Waals surface area contributed by atoms with Crippen molar-refractivity contribution in [2.45, 2.75) is 6.54 Å². The number of hydrogen-bond acceptors (Lipinski definition) is 5. The zero-order valence-electron chi connectivity index (χ0n) is 19.5. The molecule has 0 saturated heterocycles. The topological polar surface area (TPSA) is 85.7 Å². The zero-order valence-corrected chi connectivity index (χ0v) is 19.5. The van der Waals surface area contributed by atoms with Crippen LogP contribution in [0.25, 0.3) is 5.69 Å². The highest BCUT2D eigenvalue weighted by Crippen LogP contribution is 2.18. The second-order valence-corrected chi connectivity index (χ2v) is 7.88. The molecule has 1 N–H and O–H groups in total. The van der Waals surface area contributed by atoms with Crippen molar-refractivity contribution < 1.29 is 19.1 Å². The van der Waals surface area contributed by atoms with Crippen molar-refractivity contribution in [2.24, 2.45) is 0 Å². The summed E-state index contributed by atoms with van der Waals surface area (Å²) >= 11 is 0. The normalized spacial score (nSPS) is 10.5. The Bertz CT molecular complexity index is 1290. The largest absolute Gasteiger partial charge is 0.497 e. The van der Waals surface area contributed by atoms with E-state index in [9.17, 15) is 9.59 Å². The van der Waals surface area contributed by atoms with Gasteiger partial charge in [0.05, 0.1) is 19.0 Å². The molecule has 0 aliphatic heterocycles. The third-order valence-electron chi connectivity index (χ3n) is 5.25. The van der Waals surface area contributed by atoms with Gasteiger partial charge in [0.1, 0.15) is 11.5 Å². The molecule has 4 aromatic rings. The van der Waals surface area contributed by atoms with E-state index in [1.165, 1.54) is 0 Å². The summed E-state index contributed by atoms with van der Waals surface area (Å²) in [6.45, 7) is 0.268. The summed E-state index contributed by atoms with van der Waals surface area (Å²) in [5.74, 6) is 0.724. The Morgan fingerprint density at radius 1 is 0.971 bits per heavy atom. The molecule has 1 aromatic heterocycles. The number of aromatic nitrogens is 2. The molecular formula is C27H26N4O4. The van der Waals surface area contributed by atoms with Crippen LogP contribution >= 0.6 is 0 Å². The average molecular weight is 471 g/mol. The Hall–Kier alpha value is -4.59. The van der Waals surface area contributed by atoms with Gasteiger partial charge >= 0.3 is 0 Å². The van der Waals surface area contributed by atoms with Gasteiger partial charge in [-0.3, -0.25) is 9.59 Å². The summed E-state index contributed by atoms with van der Waals surface area (Å²) in [6, 6.07) is 23.6. The summed E-state index contributed by atoms with van der Waals surface area (Å²) in [7, 11) is 3.31. The molecule has 2 amide bonds. The summed E-state index contributed by atoms with van der Waals surface area (Å²) in [5.41, 5.74) is 3.03. The number of para-hydroxylation sites is 1. The highest BCUT2D eigenvalue weighted by atomic mass is 16.5. The molecule has 0 spiro atoms. The fraction of sp³-hybridized carbons (Fsp3) is 0.148. The van der Waals surface area contributed by atoms with Crippen molar-refractivity contribution in [3.63, 3.8) is 0 Å². The van der Waals surface area contributed by atoms with Crippen LogP contribution < -0.4 is 14.8 Å². The van der Waals surface area contributed by atoms with Gasteiger partial charge in [0.15, 0.2) is 6.61 Å². The highest BCUT2D eigenvalue weighted by molar-refractivity contribution is 5.94. The van der Waals surface area contributed by atoms with Crippen LogP contribution in [0, 0.1) is 0 Å². The van der Waals surface area contributed by atoms with Gasteiger partial charge in [-0.05, 0) is 48.5 Å². The SMILES string of the molecule is COc1cccc(NC(=O)COc2ccc(C(=O)N(C)Cc3cnn(-c4ccccc4)c3)cc2)c1. The van der Waals surface area contributed by atoms with E-state index in [-0.39, 0.29) is 18.4 Å². The maximum absolute atomic E-state index is 12.8. The average Bonchev–Trinajstić information content (AvgIpc) is 3.36. The van der Waals surface area contributed by atoms with Crippen LogP contribution in [0.2, 0.25) is 0 Å². The molecular weight excluding hydrogens is 444 g/mol. The molecule has 1 heterocycles. The number of nitrogens with one attached hydrogen (secondary N) is 1. The number of methoxy groups -OCH3 is 1. The van der Waals surface area contributed by atoms with Crippen molar-refractivity contribution in [3.05, 3.63) is 102 Å². The molecule has 0 unspecified atom stereocenters. The van der Waals surface area contributed by atoms with E-state index in [1.807, 2.05) is 36.5 Å². The minimum Gasteiger partial charge on any atom is -0.497 e. The first kappa shape index (κ1) is 23.6. The number of rotatable bonds is 9. The lowest BCUT2D eigenvalue weighted by molar-refractivity contribution is -0.118. The van der Waals surface area contributed by atoms with E-state index >= 15 is 0 Å². The summed E-state index contributed by atoms with van der Waals surface area (Å²) in [4.78, 5) is 26.6. The Labute approximate surface area is 203 Å². The van der Waals surface area contributed by atoms with Crippen molar-refractivity contribution in [1.29, 1.82) is 0 Å². The predicted octanol–water partition coefficient (Wildman–Crippen LogP) is 4.17. The van der Waals surface area contributed by atoms with Gasteiger partial charge in [-0.2, -0.15) is 5.10 Å². The molecule has 4 rings (SSSR count). The first-order chi connectivity index (χ1) is 17.0.